The maximum Gasteiger partial charge on any atom is 0.252 e. The topological polar surface area (TPSA) is 58.2 Å². The largest absolute Gasteiger partial charge is 0.347 e. The first kappa shape index (κ1) is 17.7. The Hall–Kier alpha value is -1.36. The number of hydrogen-bond acceptors (Lipinski definition) is 2. The summed E-state index contributed by atoms with van der Waals surface area (Å²) in [5.41, 5.74) is 0.261. The van der Waals surface area contributed by atoms with Crippen LogP contribution >= 0.6 is 15.9 Å². The average Bonchev–Trinajstić information content (AvgIpc) is 2.24. The van der Waals surface area contributed by atoms with E-state index in [-0.39, 0.29) is 22.9 Å². The molecule has 0 aliphatic rings. The lowest BCUT2D eigenvalue weighted by molar-refractivity contribution is 0.0917. The smallest absolute Gasteiger partial charge is 0.252 e. The fraction of sp³-hybridized carbons (Fsp3) is 0.500. The van der Waals surface area contributed by atoms with E-state index in [9.17, 15) is 9.59 Å². The van der Waals surface area contributed by atoms with E-state index >= 15 is 0 Å². The second kappa shape index (κ2) is 6.18. The molecule has 4 nitrogen and oxygen atoms in total. The maximum absolute atomic E-state index is 12.3. The highest BCUT2D eigenvalue weighted by molar-refractivity contribution is 9.10. The molecular formula is C16H23BrN2O2. The summed E-state index contributed by atoms with van der Waals surface area (Å²) < 4.78 is 0.663. The lowest BCUT2D eigenvalue weighted by Gasteiger charge is -2.22. The van der Waals surface area contributed by atoms with Crippen molar-refractivity contribution in [2.45, 2.75) is 52.6 Å². The number of nitrogens with one attached hydrogen (secondary N) is 2. The minimum absolute atomic E-state index is 0.195. The summed E-state index contributed by atoms with van der Waals surface area (Å²) >= 11 is 3.36. The van der Waals surface area contributed by atoms with Gasteiger partial charge in [-0.05, 0) is 75.7 Å². The molecule has 0 heterocycles. The van der Waals surface area contributed by atoms with E-state index in [1.807, 2.05) is 41.5 Å². The van der Waals surface area contributed by atoms with Crippen molar-refractivity contribution in [2.75, 3.05) is 0 Å². The third-order valence-electron chi connectivity index (χ3n) is 2.45. The molecule has 0 saturated heterocycles. The highest BCUT2D eigenvalue weighted by atomic mass is 79.9. The second-order valence-corrected chi connectivity index (χ2v) is 7.96. The lowest BCUT2D eigenvalue weighted by atomic mass is 10.0. The van der Waals surface area contributed by atoms with Crippen LogP contribution in [-0.2, 0) is 0 Å². The van der Waals surface area contributed by atoms with Crippen molar-refractivity contribution in [2.24, 2.45) is 0 Å². The van der Waals surface area contributed by atoms with Crippen LogP contribution in [0.25, 0.3) is 0 Å². The third-order valence-corrected chi connectivity index (χ3v) is 3.14. The minimum atomic E-state index is -0.333. The Bertz CT molecular complexity index is 554. The Balaban J connectivity index is 3.05. The van der Waals surface area contributed by atoms with Gasteiger partial charge in [0.1, 0.15) is 0 Å². The molecule has 0 saturated carbocycles. The number of carbonyl (C=O) groups excluding carboxylic acids is 2. The minimum Gasteiger partial charge on any atom is -0.347 e. The van der Waals surface area contributed by atoms with Crippen LogP contribution in [0.4, 0.5) is 0 Å². The van der Waals surface area contributed by atoms with Crippen LogP contribution in [0.15, 0.2) is 22.7 Å². The second-order valence-electron chi connectivity index (χ2n) is 7.10. The van der Waals surface area contributed by atoms with Gasteiger partial charge in [-0.2, -0.15) is 0 Å². The van der Waals surface area contributed by atoms with Crippen LogP contribution in [-0.4, -0.2) is 22.9 Å². The van der Waals surface area contributed by atoms with Crippen molar-refractivity contribution < 1.29 is 9.59 Å². The van der Waals surface area contributed by atoms with Gasteiger partial charge < -0.3 is 10.6 Å². The van der Waals surface area contributed by atoms with Crippen LogP contribution in [0.3, 0.4) is 0 Å². The summed E-state index contributed by atoms with van der Waals surface area (Å²) in [5.74, 6) is -0.403. The summed E-state index contributed by atoms with van der Waals surface area (Å²) in [5, 5.41) is 5.77. The Morgan fingerprint density at radius 2 is 1.38 bits per heavy atom. The third kappa shape index (κ3) is 5.87. The SMILES string of the molecule is CC(C)(C)NC(=O)c1ccc(Br)c(C(=O)NC(C)(C)C)c1. The summed E-state index contributed by atoms with van der Waals surface area (Å²) in [6, 6.07) is 5.01. The molecule has 0 aromatic heterocycles. The van der Waals surface area contributed by atoms with Crippen molar-refractivity contribution in [1.82, 2.24) is 10.6 Å². The van der Waals surface area contributed by atoms with Crippen molar-refractivity contribution in [3.05, 3.63) is 33.8 Å². The Morgan fingerprint density at radius 1 is 0.905 bits per heavy atom. The number of benzene rings is 1. The molecule has 0 bridgehead atoms. The van der Waals surface area contributed by atoms with E-state index < -0.39 is 0 Å². The van der Waals surface area contributed by atoms with Crippen LogP contribution < -0.4 is 10.6 Å². The number of hydrogen-bond donors (Lipinski definition) is 2. The molecule has 0 spiro atoms. The van der Waals surface area contributed by atoms with Gasteiger partial charge in [0, 0.05) is 21.1 Å². The monoisotopic (exact) mass is 354 g/mol. The van der Waals surface area contributed by atoms with E-state index in [2.05, 4.69) is 26.6 Å². The van der Waals surface area contributed by atoms with Crippen LogP contribution in [0.1, 0.15) is 62.3 Å². The van der Waals surface area contributed by atoms with Crippen molar-refractivity contribution in [3.8, 4) is 0 Å². The van der Waals surface area contributed by atoms with Gasteiger partial charge in [-0.3, -0.25) is 9.59 Å². The Labute approximate surface area is 134 Å². The van der Waals surface area contributed by atoms with Gasteiger partial charge in [0.15, 0.2) is 0 Å². The van der Waals surface area contributed by atoms with Gasteiger partial charge in [-0.15, -0.1) is 0 Å². The summed E-state index contributed by atoms with van der Waals surface area (Å²) in [7, 11) is 0. The average molecular weight is 355 g/mol. The summed E-state index contributed by atoms with van der Waals surface area (Å²) in [6.07, 6.45) is 0. The summed E-state index contributed by atoms with van der Waals surface area (Å²) in [6.45, 7) is 11.5. The number of halogens is 1. The first-order chi connectivity index (χ1) is 9.39. The molecule has 116 valence electrons. The fourth-order valence-electron chi connectivity index (χ4n) is 1.66. The number of amides is 2. The summed E-state index contributed by atoms with van der Waals surface area (Å²) in [4.78, 5) is 24.4. The Morgan fingerprint density at radius 3 is 1.86 bits per heavy atom. The maximum atomic E-state index is 12.3. The highest BCUT2D eigenvalue weighted by Crippen LogP contribution is 2.20. The van der Waals surface area contributed by atoms with Crippen molar-refractivity contribution in [1.29, 1.82) is 0 Å². The van der Waals surface area contributed by atoms with Gasteiger partial charge in [0.2, 0.25) is 0 Å². The molecule has 5 heteroatoms. The van der Waals surface area contributed by atoms with Gasteiger partial charge >= 0.3 is 0 Å². The molecular weight excluding hydrogens is 332 g/mol. The standard InChI is InChI=1S/C16H23BrN2O2/c1-15(2,3)18-13(20)10-7-8-12(17)11(9-10)14(21)19-16(4,5)6/h7-9H,1-6H3,(H,18,20)(H,19,21). The number of rotatable bonds is 2. The molecule has 0 aliphatic carbocycles. The van der Waals surface area contributed by atoms with Gasteiger partial charge in [-0.1, -0.05) is 0 Å². The molecule has 0 fully saturated rings. The molecule has 0 radical (unpaired) electrons. The lowest BCUT2D eigenvalue weighted by Crippen LogP contribution is -2.41. The first-order valence-electron chi connectivity index (χ1n) is 6.84. The molecule has 1 rings (SSSR count). The molecule has 1 aromatic carbocycles. The van der Waals surface area contributed by atoms with Crippen LogP contribution in [0.2, 0.25) is 0 Å². The zero-order chi connectivity index (χ0) is 16.4. The van der Waals surface area contributed by atoms with Crippen molar-refractivity contribution >= 4 is 27.7 Å². The van der Waals surface area contributed by atoms with E-state index in [4.69, 9.17) is 0 Å². The van der Waals surface area contributed by atoms with Gasteiger partial charge in [-0.25, -0.2) is 0 Å². The highest BCUT2D eigenvalue weighted by Gasteiger charge is 2.20. The van der Waals surface area contributed by atoms with E-state index in [0.29, 0.717) is 15.6 Å². The van der Waals surface area contributed by atoms with E-state index in [1.54, 1.807) is 18.2 Å². The molecule has 0 atom stereocenters. The van der Waals surface area contributed by atoms with Crippen LogP contribution in [0, 0.1) is 0 Å². The number of carbonyl (C=O) groups is 2. The zero-order valence-corrected chi connectivity index (χ0v) is 15.0. The van der Waals surface area contributed by atoms with E-state index in [1.165, 1.54) is 0 Å². The molecule has 2 N–H and O–H groups in total. The quantitative estimate of drug-likeness (QED) is 0.853. The van der Waals surface area contributed by atoms with Crippen molar-refractivity contribution in [3.63, 3.8) is 0 Å². The zero-order valence-electron chi connectivity index (χ0n) is 13.4. The van der Waals surface area contributed by atoms with Gasteiger partial charge in [0.25, 0.3) is 11.8 Å². The normalized spacial score (nSPS) is 12.0. The van der Waals surface area contributed by atoms with Gasteiger partial charge in [0.05, 0.1) is 5.56 Å². The molecule has 21 heavy (non-hydrogen) atoms. The molecule has 2 amide bonds. The van der Waals surface area contributed by atoms with Crippen LogP contribution in [0.5, 0.6) is 0 Å². The Kier molecular flexibility index (Phi) is 5.20. The first-order valence-corrected chi connectivity index (χ1v) is 7.63. The molecule has 0 aliphatic heterocycles. The van der Waals surface area contributed by atoms with E-state index in [0.717, 1.165) is 0 Å². The predicted octanol–water partition coefficient (Wildman–Crippen LogP) is 3.51. The molecule has 0 unspecified atom stereocenters. The molecule has 1 aromatic rings. The fourth-order valence-corrected chi connectivity index (χ4v) is 2.09. The predicted molar refractivity (Wildman–Crippen MR) is 88.6 cm³/mol.